The Morgan fingerprint density at radius 3 is 2.50 bits per heavy atom. The van der Waals surface area contributed by atoms with E-state index < -0.39 is 0 Å². The molecule has 0 spiro atoms. The molecule has 106 valence electrons. The Hall–Kier alpha value is -2.57. The molecule has 2 aromatic heterocycles. The summed E-state index contributed by atoms with van der Waals surface area (Å²) < 4.78 is 5.14. The molecule has 5 N–H and O–H groups in total. The van der Waals surface area contributed by atoms with Gasteiger partial charge >= 0.3 is 0 Å². The molecule has 0 saturated carbocycles. The van der Waals surface area contributed by atoms with Crippen LogP contribution in [0, 0.1) is 0 Å². The molecule has 0 aliphatic heterocycles. The summed E-state index contributed by atoms with van der Waals surface area (Å²) in [5.74, 6) is 1.26. The highest BCUT2D eigenvalue weighted by molar-refractivity contribution is 5.71. The third-order valence-corrected chi connectivity index (χ3v) is 2.85. The molecule has 0 unspecified atom stereocenters. The maximum Gasteiger partial charge on any atom is 0.222 e. The number of aromatic nitrogens is 3. The van der Waals surface area contributed by atoms with Gasteiger partial charge in [0.15, 0.2) is 5.82 Å². The second kappa shape index (κ2) is 5.60. The van der Waals surface area contributed by atoms with Crippen molar-refractivity contribution in [2.45, 2.75) is 19.8 Å². The van der Waals surface area contributed by atoms with Crippen LogP contribution in [-0.2, 0) is 0 Å². The van der Waals surface area contributed by atoms with Crippen molar-refractivity contribution in [3.63, 3.8) is 0 Å². The molecular formula is C13H18N6O. The minimum absolute atomic E-state index is 0.143. The predicted octanol–water partition coefficient (Wildman–Crippen LogP) is 1.91. The van der Waals surface area contributed by atoms with Crippen LogP contribution in [0.4, 0.5) is 23.1 Å². The number of nitrogen functional groups attached to an aromatic ring is 2. The van der Waals surface area contributed by atoms with E-state index in [0.717, 1.165) is 11.3 Å². The van der Waals surface area contributed by atoms with E-state index >= 15 is 0 Å². The zero-order valence-electron chi connectivity index (χ0n) is 11.7. The van der Waals surface area contributed by atoms with Gasteiger partial charge in [-0.1, -0.05) is 13.8 Å². The summed E-state index contributed by atoms with van der Waals surface area (Å²) in [5.41, 5.74) is 13.8. The molecule has 7 heteroatoms. The van der Waals surface area contributed by atoms with Crippen LogP contribution in [0.3, 0.4) is 0 Å². The van der Waals surface area contributed by atoms with Crippen LogP contribution in [0.2, 0.25) is 0 Å². The molecule has 0 fully saturated rings. The van der Waals surface area contributed by atoms with Crippen LogP contribution >= 0.6 is 0 Å². The Morgan fingerprint density at radius 1 is 1.15 bits per heavy atom. The first-order chi connectivity index (χ1) is 9.51. The summed E-state index contributed by atoms with van der Waals surface area (Å²) in [6.45, 7) is 4.16. The number of methoxy groups -OCH3 is 1. The van der Waals surface area contributed by atoms with Gasteiger partial charge in [-0.15, -0.1) is 0 Å². The third kappa shape index (κ3) is 2.87. The minimum atomic E-state index is 0.143. The van der Waals surface area contributed by atoms with Gasteiger partial charge < -0.3 is 21.5 Å². The van der Waals surface area contributed by atoms with Crippen molar-refractivity contribution in [3.8, 4) is 5.88 Å². The van der Waals surface area contributed by atoms with E-state index in [0.29, 0.717) is 23.3 Å². The molecule has 0 radical (unpaired) electrons. The van der Waals surface area contributed by atoms with Crippen molar-refractivity contribution in [1.29, 1.82) is 0 Å². The smallest absolute Gasteiger partial charge is 0.222 e. The molecule has 0 aliphatic rings. The van der Waals surface area contributed by atoms with E-state index in [1.807, 2.05) is 6.07 Å². The molecule has 0 atom stereocenters. The highest BCUT2D eigenvalue weighted by Gasteiger charge is 2.11. The lowest BCUT2D eigenvalue weighted by Crippen LogP contribution is -2.06. The number of nitrogens with zero attached hydrogens (tertiary/aromatic N) is 3. The quantitative estimate of drug-likeness (QED) is 0.780. The fourth-order valence-electron chi connectivity index (χ4n) is 1.78. The zero-order valence-corrected chi connectivity index (χ0v) is 11.7. The van der Waals surface area contributed by atoms with E-state index in [-0.39, 0.29) is 5.95 Å². The van der Waals surface area contributed by atoms with E-state index in [1.165, 1.54) is 0 Å². The first kappa shape index (κ1) is 13.9. The average Bonchev–Trinajstić information content (AvgIpc) is 2.41. The van der Waals surface area contributed by atoms with E-state index in [1.54, 1.807) is 19.5 Å². The molecule has 0 aliphatic carbocycles. The highest BCUT2D eigenvalue weighted by Crippen LogP contribution is 2.30. The van der Waals surface area contributed by atoms with E-state index in [9.17, 15) is 0 Å². The SMILES string of the molecule is COc1cc(Nc2cnc(N)nc2N)c(C(C)C)cn1. The lowest BCUT2D eigenvalue weighted by atomic mass is 10.0. The van der Waals surface area contributed by atoms with Crippen LogP contribution in [0.15, 0.2) is 18.5 Å². The molecule has 0 bridgehead atoms. The van der Waals surface area contributed by atoms with Crippen molar-refractivity contribution < 1.29 is 4.74 Å². The molecule has 2 heterocycles. The Bertz CT molecular complexity index is 614. The lowest BCUT2D eigenvalue weighted by molar-refractivity contribution is 0.398. The number of ether oxygens (including phenoxy) is 1. The van der Waals surface area contributed by atoms with Crippen molar-refractivity contribution in [2.75, 3.05) is 23.9 Å². The molecule has 2 aromatic rings. The van der Waals surface area contributed by atoms with Gasteiger partial charge in [0.2, 0.25) is 11.8 Å². The van der Waals surface area contributed by atoms with Crippen LogP contribution < -0.4 is 21.5 Å². The summed E-state index contributed by atoms with van der Waals surface area (Å²) in [6.07, 6.45) is 3.33. The largest absolute Gasteiger partial charge is 0.481 e. The van der Waals surface area contributed by atoms with Crippen LogP contribution in [-0.4, -0.2) is 22.1 Å². The second-order valence-electron chi connectivity index (χ2n) is 4.62. The second-order valence-corrected chi connectivity index (χ2v) is 4.62. The van der Waals surface area contributed by atoms with E-state index in [2.05, 4.69) is 34.1 Å². The monoisotopic (exact) mass is 274 g/mol. The Balaban J connectivity index is 2.40. The number of nitrogens with one attached hydrogen (secondary N) is 1. The molecule has 0 amide bonds. The summed E-state index contributed by atoms with van der Waals surface area (Å²) in [7, 11) is 1.57. The number of pyridine rings is 1. The molecular weight excluding hydrogens is 256 g/mol. The average molecular weight is 274 g/mol. The highest BCUT2D eigenvalue weighted by atomic mass is 16.5. The molecule has 0 saturated heterocycles. The van der Waals surface area contributed by atoms with E-state index in [4.69, 9.17) is 16.2 Å². The number of hydrogen-bond donors (Lipinski definition) is 3. The fourth-order valence-corrected chi connectivity index (χ4v) is 1.78. The van der Waals surface area contributed by atoms with Gasteiger partial charge in [0.25, 0.3) is 0 Å². The Morgan fingerprint density at radius 2 is 1.90 bits per heavy atom. The van der Waals surface area contributed by atoms with Gasteiger partial charge in [-0.25, -0.2) is 9.97 Å². The lowest BCUT2D eigenvalue weighted by Gasteiger charge is -2.15. The summed E-state index contributed by atoms with van der Waals surface area (Å²) in [5, 5.41) is 3.20. The summed E-state index contributed by atoms with van der Waals surface area (Å²) in [4.78, 5) is 12.1. The number of anilines is 4. The van der Waals surface area contributed by atoms with Gasteiger partial charge in [0, 0.05) is 18.0 Å². The first-order valence-electron chi connectivity index (χ1n) is 6.20. The topological polar surface area (TPSA) is 112 Å². The zero-order chi connectivity index (χ0) is 14.7. The normalized spacial score (nSPS) is 10.6. The maximum atomic E-state index is 5.83. The van der Waals surface area contributed by atoms with Crippen molar-refractivity contribution in [1.82, 2.24) is 15.0 Å². The number of hydrogen-bond acceptors (Lipinski definition) is 7. The van der Waals surface area contributed by atoms with Gasteiger partial charge in [-0.2, -0.15) is 4.98 Å². The predicted molar refractivity (Wildman–Crippen MR) is 79.0 cm³/mol. The Labute approximate surface area is 117 Å². The van der Waals surface area contributed by atoms with Gasteiger partial charge in [-0.3, -0.25) is 0 Å². The van der Waals surface area contributed by atoms with Crippen LogP contribution in [0.1, 0.15) is 25.3 Å². The Kier molecular flexibility index (Phi) is 3.88. The molecule has 0 aromatic carbocycles. The number of rotatable bonds is 4. The summed E-state index contributed by atoms with van der Waals surface area (Å²) >= 11 is 0. The van der Waals surface area contributed by atoms with Crippen LogP contribution in [0.25, 0.3) is 0 Å². The van der Waals surface area contributed by atoms with Crippen molar-refractivity contribution in [3.05, 3.63) is 24.0 Å². The maximum absolute atomic E-state index is 5.83. The summed E-state index contributed by atoms with van der Waals surface area (Å²) in [6, 6.07) is 1.81. The van der Waals surface area contributed by atoms with Crippen LogP contribution in [0.5, 0.6) is 5.88 Å². The molecule has 20 heavy (non-hydrogen) atoms. The first-order valence-corrected chi connectivity index (χ1v) is 6.20. The molecule has 2 rings (SSSR count). The number of nitrogens with two attached hydrogens (primary N) is 2. The van der Waals surface area contributed by atoms with Gasteiger partial charge in [0.1, 0.15) is 5.69 Å². The van der Waals surface area contributed by atoms with Gasteiger partial charge in [0.05, 0.1) is 13.3 Å². The standard InChI is InChI=1S/C13H18N6O/c1-7(2)8-5-16-11(20-3)4-9(8)18-10-6-17-13(15)19-12(10)14/h4-7H,1-3H3,(H,16,18)(H4,14,15,17,19). The minimum Gasteiger partial charge on any atom is -0.481 e. The van der Waals surface area contributed by atoms with Crippen molar-refractivity contribution in [2.24, 2.45) is 0 Å². The van der Waals surface area contributed by atoms with Gasteiger partial charge in [-0.05, 0) is 11.5 Å². The molecule has 7 nitrogen and oxygen atoms in total. The van der Waals surface area contributed by atoms with Crippen molar-refractivity contribution >= 4 is 23.1 Å². The fraction of sp³-hybridized carbons (Fsp3) is 0.308. The third-order valence-electron chi connectivity index (χ3n) is 2.85.